The highest BCUT2D eigenvalue weighted by Gasteiger charge is 2.56. The highest BCUT2D eigenvalue weighted by molar-refractivity contribution is 5.88. The maximum absolute atomic E-state index is 13.7. The lowest BCUT2D eigenvalue weighted by atomic mass is 9.82. The van der Waals surface area contributed by atoms with Crippen LogP contribution in [0.2, 0.25) is 0 Å². The lowest BCUT2D eigenvalue weighted by Crippen LogP contribution is -2.43. The summed E-state index contributed by atoms with van der Waals surface area (Å²) in [7, 11) is 0. The Balaban J connectivity index is 1.88. The van der Waals surface area contributed by atoms with Crippen molar-refractivity contribution in [3.05, 3.63) is 35.1 Å². The first-order chi connectivity index (χ1) is 10.3. The number of carbonyl (C=O) groups is 1. The van der Waals surface area contributed by atoms with Crippen molar-refractivity contribution < 1.29 is 14.3 Å². The third kappa shape index (κ3) is 2.28. The fraction of sp³-hybridized carbons (Fsp3) is 0.529. The van der Waals surface area contributed by atoms with Gasteiger partial charge in [0.25, 0.3) is 0 Å². The van der Waals surface area contributed by atoms with Gasteiger partial charge >= 0.3 is 0 Å². The zero-order valence-corrected chi connectivity index (χ0v) is 12.8. The number of rotatable bonds is 2. The van der Waals surface area contributed by atoms with Crippen LogP contribution in [0.25, 0.3) is 0 Å². The molecule has 1 heterocycles. The van der Waals surface area contributed by atoms with Crippen molar-refractivity contribution in [2.75, 3.05) is 13.1 Å². The predicted octanol–water partition coefficient (Wildman–Crippen LogP) is 1.96. The second-order valence-electron chi connectivity index (χ2n) is 7.03. The molecule has 1 amide bonds. The van der Waals surface area contributed by atoms with Crippen molar-refractivity contribution in [3.63, 3.8) is 0 Å². The highest BCUT2D eigenvalue weighted by Crippen LogP contribution is 2.53. The van der Waals surface area contributed by atoms with Gasteiger partial charge in [0, 0.05) is 18.5 Å². The predicted molar refractivity (Wildman–Crippen MR) is 78.4 cm³/mol. The van der Waals surface area contributed by atoms with Crippen LogP contribution in [0.5, 0.6) is 0 Å². The van der Waals surface area contributed by atoms with Gasteiger partial charge in [0.15, 0.2) is 0 Å². The second-order valence-corrected chi connectivity index (χ2v) is 7.03. The molecular weight excluding hydrogens is 283 g/mol. The molecule has 3 rings (SSSR count). The molecule has 1 atom stereocenters. The van der Waals surface area contributed by atoms with Crippen LogP contribution in [0.4, 0.5) is 4.39 Å². The van der Waals surface area contributed by atoms with Crippen LogP contribution in [-0.4, -0.2) is 35.1 Å². The van der Waals surface area contributed by atoms with Gasteiger partial charge in [0.05, 0.1) is 23.2 Å². The minimum absolute atomic E-state index is 0.106. The monoisotopic (exact) mass is 302 g/mol. The van der Waals surface area contributed by atoms with E-state index in [-0.39, 0.29) is 16.9 Å². The number of β-amino-alcohol motifs (C(OH)–C–C–N with tert-alkyl or cyclic N) is 1. The third-order valence-corrected chi connectivity index (χ3v) is 5.07. The average molecular weight is 302 g/mol. The van der Waals surface area contributed by atoms with E-state index in [4.69, 9.17) is 5.26 Å². The Bertz CT molecular complexity index is 674. The van der Waals surface area contributed by atoms with Crippen molar-refractivity contribution >= 4 is 5.91 Å². The van der Waals surface area contributed by atoms with Crippen molar-refractivity contribution in [2.24, 2.45) is 5.41 Å². The molecule has 0 radical (unpaired) electrons. The molecular formula is C17H19FN2O2. The van der Waals surface area contributed by atoms with Crippen molar-refractivity contribution in [1.82, 2.24) is 4.90 Å². The summed E-state index contributed by atoms with van der Waals surface area (Å²) in [5.74, 6) is -0.653. The van der Waals surface area contributed by atoms with Crippen molar-refractivity contribution in [2.45, 2.75) is 38.2 Å². The molecule has 1 aliphatic heterocycles. The molecule has 2 aliphatic rings. The van der Waals surface area contributed by atoms with E-state index in [1.165, 1.54) is 6.07 Å². The maximum Gasteiger partial charge on any atom is 0.232 e. The van der Waals surface area contributed by atoms with E-state index < -0.39 is 17.3 Å². The van der Waals surface area contributed by atoms with E-state index in [1.807, 2.05) is 6.07 Å². The summed E-state index contributed by atoms with van der Waals surface area (Å²) in [5.41, 5.74) is -0.351. The number of aliphatic hydroxyl groups excluding tert-OH is 1. The molecule has 0 aromatic heterocycles. The number of halogens is 1. The molecule has 1 saturated carbocycles. The van der Waals surface area contributed by atoms with Crippen LogP contribution < -0.4 is 0 Å². The van der Waals surface area contributed by atoms with E-state index in [1.54, 1.807) is 24.8 Å². The third-order valence-electron chi connectivity index (χ3n) is 5.07. The maximum atomic E-state index is 13.7. The number of aliphatic hydroxyl groups is 1. The van der Waals surface area contributed by atoms with Crippen LogP contribution >= 0.6 is 0 Å². The SMILES string of the molecule is CC(C)(C(=O)N1CC(O)C2(CC2)C1)c1cc(F)cc(C#N)c1. The zero-order valence-electron chi connectivity index (χ0n) is 12.8. The Labute approximate surface area is 129 Å². The summed E-state index contributed by atoms with van der Waals surface area (Å²) in [6, 6.07) is 5.93. The van der Waals surface area contributed by atoms with Gasteiger partial charge in [-0.15, -0.1) is 0 Å². The number of amides is 1. The molecule has 5 heteroatoms. The summed E-state index contributed by atoms with van der Waals surface area (Å²) < 4.78 is 13.7. The molecule has 1 aromatic rings. The Hall–Kier alpha value is -1.93. The number of nitrogens with zero attached hydrogens (tertiary/aromatic N) is 2. The van der Waals surface area contributed by atoms with Gasteiger partial charge in [-0.25, -0.2) is 4.39 Å². The number of carbonyl (C=O) groups excluding carboxylic acids is 1. The number of hydrogen-bond donors (Lipinski definition) is 1. The molecule has 22 heavy (non-hydrogen) atoms. The van der Waals surface area contributed by atoms with Crippen molar-refractivity contribution in [3.8, 4) is 6.07 Å². The number of hydrogen-bond acceptors (Lipinski definition) is 3. The number of likely N-dealkylation sites (tertiary alicyclic amines) is 1. The Kier molecular flexibility index (Phi) is 3.26. The topological polar surface area (TPSA) is 64.3 Å². The van der Waals surface area contributed by atoms with Crippen LogP contribution in [-0.2, 0) is 10.2 Å². The molecule has 4 nitrogen and oxygen atoms in total. The van der Waals surface area contributed by atoms with Crippen molar-refractivity contribution in [1.29, 1.82) is 5.26 Å². The standard InChI is InChI=1S/C17H19FN2O2/c1-16(2,12-5-11(8-19)6-13(18)7-12)15(22)20-9-14(21)17(10-20)3-4-17/h5-7,14,21H,3-4,9-10H2,1-2H3. The molecule has 1 saturated heterocycles. The number of nitriles is 1. The first kappa shape index (κ1) is 15.0. The van der Waals surface area contributed by atoms with Crippen LogP contribution in [0.3, 0.4) is 0 Å². The summed E-state index contributed by atoms with van der Waals surface area (Å²) >= 11 is 0. The van der Waals surface area contributed by atoms with E-state index in [0.717, 1.165) is 18.9 Å². The molecule has 116 valence electrons. The average Bonchev–Trinajstić information content (AvgIpc) is 3.18. The fourth-order valence-corrected chi connectivity index (χ4v) is 3.29. The van der Waals surface area contributed by atoms with Gasteiger partial charge in [-0.3, -0.25) is 4.79 Å². The second kappa shape index (κ2) is 4.79. The largest absolute Gasteiger partial charge is 0.391 e. The summed E-state index contributed by atoms with van der Waals surface area (Å²) in [4.78, 5) is 14.5. The van der Waals surface area contributed by atoms with Gasteiger partial charge in [-0.2, -0.15) is 5.26 Å². The fourth-order valence-electron chi connectivity index (χ4n) is 3.29. The first-order valence-corrected chi connectivity index (χ1v) is 7.47. The normalized spacial score (nSPS) is 22.7. The van der Waals surface area contributed by atoms with Gasteiger partial charge in [-0.05, 0) is 50.5 Å². The van der Waals surface area contributed by atoms with Crippen LogP contribution in [0.1, 0.15) is 37.8 Å². The van der Waals surface area contributed by atoms with Crippen LogP contribution in [0.15, 0.2) is 18.2 Å². The van der Waals surface area contributed by atoms with E-state index in [9.17, 15) is 14.3 Å². The Morgan fingerprint density at radius 3 is 2.68 bits per heavy atom. The van der Waals surface area contributed by atoms with E-state index in [0.29, 0.717) is 18.7 Å². The quantitative estimate of drug-likeness (QED) is 0.908. The number of benzene rings is 1. The summed E-state index contributed by atoms with van der Waals surface area (Å²) in [5, 5.41) is 19.1. The van der Waals surface area contributed by atoms with Gasteiger partial charge in [0.1, 0.15) is 5.82 Å². The molecule has 1 aliphatic carbocycles. The molecule has 1 N–H and O–H groups in total. The zero-order chi connectivity index (χ0) is 16.1. The summed E-state index contributed by atoms with van der Waals surface area (Å²) in [6.45, 7) is 4.37. The van der Waals surface area contributed by atoms with E-state index in [2.05, 4.69) is 0 Å². The minimum Gasteiger partial charge on any atom is -0.391 e. The minimum atomic E-state index is -0.937. The highest BCUT2D eigenvalue weighted by atomic mass is 19.1. The Morgan fingerprint density at radius 2 is 2.14 bits per heavy atom. The first-order valence-electron chi connectivity index (χ1n) is 7.47. The summed E-state index contributed by atoms with van der Waals surface area (Å²) in [6.07, 6.45) is 1.45. The molecule has 1 unspecified atom stereocenters. The van der Waals surface area contributed by atoms with Gasteiger partial charge < -0.3 is 10.0 Å². The lowest BCUT2D eigenvalue weighted by Gasteiger charge is -2.30. The molecule has 0 bridgehead atoms. The van der Waals surface area contributed by atoms with Crippen LogP contribution in [0, 0.1) is 22.6 Å². The lowest BCUT2D eigenvalue weighted by molar-refractivity contribution is -0.135. The molecule has 1 aromatic carbocycles. The molecule has 2 fully saturated rings. The van der Waals surface area contributed by atoms with E-state index >= 15 is 0 Å². The Morgan fingerprint density at radius 1 is 1.45 bits per heavy atom. The van der Waals surface area contributed by atoms with Gasteiger partial charge in [-0.1, -0.05) is 0 Å². The van der Waals surface area contributed by atoms with Gasteiger partial charge in [0.2, 0.25) is 5.91 Å². The molecule has 1 spiro atoms. The smallest absolute Gasteiger partial charge is 0.232 e.